The fourth-order valence-electron chi connectivity index (χ4n) is 1.16. The molecule has 0 aromatic carbocycles. The van der Waals surface area contributed by atoms with Crippen molar-refractivity contribution in [2.45, 2.75) is 52.7 Å². The summed E-state index contributed by atoms with van der Waals surface area (Å²) in [6, 6.07) is 0.547. The average molecular weight is 187 g/mol. The van der Waals surface area contributed by atoms with Gasteiger partial charge in [0.1, 0.15) is 0 Å². The molecule has 0 heterocycles. The van der Waals surface area contributed by atoms with Gasteiger partial charge in [-0.15, -0.1) is 0 Å². The highest BCUT2D eigenvalue weighted by Crippen LogP contribution is 2.18. The summed E-state index contributed by atoms with van der Waals surface area (Å²) in [6.45, 7) is 11.1. The molecular formula is C11H25NO. The van der Waals surface area contributed by atoms with Gasteiger partial charge in [-0.25, -0.2) is 0 Å². The molecule has 0 aliphatic rings. The topological polar surface area (TPSA) is 23.5 Å². The van der Waals surface area contributed by atoms with Crippen molar-refractivity contribution in [2.24, 2.45) is 5.92 Å². The molecule has 2 heteroatoms. The average Bonchev–Trinajstić information content (AvgIpc) is 2.01. The maximum absolute atomic E-state index is 10.1. The summed E-state index contributed by atoms with van der Waals surface area (Å²) < 4.78 is 0. The van der Waals surface area contributed by atoms with Gasteiger partial charge in [0.15, 0.2) is 0 Å². The van der Waals surface area contributed by atoms with E-state index in [0.717, 1.165) is 13.0 Å². The molecule has 0 spiro atoms. The minimum absolute atomic E-state index is 0.305. The molecule has 1 N–H and O–H groups in total. The highest BCUT2D eigenvalue weighted by molar-refractivity contribution is 4.81. The lowest BCUT2D eigenvalue weighted by Crippen LogP contribution is -2.45. The van der Waals surface area contributed by atoms with Gasteiger partial charge in [-0.2, -0.15) is 0 Å². The van der Waals surface area contributed by atoms with Gasteiger partial charge < -0.3 is 10.0 Å². The van der Waals surface area contributed by atoms with Gasteiger partial charge >= 0.3 is 0 Å². The number of hydrogen-bond acceptors (Lipinski definition) is 2. The van der Waals surface area contributed by atoms with Crippen molar-refractivity contribution < 1.29 is 5.11 Å². The van der Waals surface area contributed by atoms with E-state index in [4.69, 9.17) is 0 Å². The Balaban J connectivity index is 4.11. The molecule has 0 bridgehead atoms. The van der Waals surface area contributed by atoms with E-state index in [1.807, 2.05) is 6.92 Å². The molecule has 0 aliphatic heterocycles. The van der Waals surface area contributed by atoms with Crippen molar-refractivity contribution >= 4 is 0 Å². The molecular weight excluding hydrogens is 162 g/mol. The summed E-state index contributed by atoms with van der Waals surface area (Å²) in [7, 11) is 2.07. The van der Waals surface area contributed by atoms with Gasteiger partial charge in [0.05, 0.1) is 5.60 Å². The normalized spacial score (nSPS) is 19.2. The van der Waals surface area contributed by atoms with Gasteiger partial charge in [-0.3, -0.25) is 0 Å². The monoisotopic (exact) mass is 187 g/mol. The Morgan fingerprint density at radius 1 is 1.31 bits per heavy atom. The number of hydrogen-bond donors (Lipinski definition) is 1. The molecule has 0 fully saturated rings. The Hall–Kier alpha value is -0.0800. The van der Waals surface area contributed by atoms with Crippen LogP contribution in [0.2, 0.25) is 0 Å². The first-order valence-electron chi connectivity index (χ1n) is 5.23. The molecule has 2 nitrogen and oxygen atoms in total. The summed E-state index contributed by atoms with van der Waals surface area (Å²) in [5.74, 6) is 0.305. The zero-order valence-electron chi connectivity index (χ0n) is 9.96. The van der Waals surface area contributed by atoms with Crippen LogP contribution in [0.3, 0.4) is 0 Å². The molecule has 2 atom stereocenters. The second kappa shape index (κ2) is 4.97. The lowest BCUT2D eigenvalue weighted by atomic mass is 9.91. The van der Waals surface area contributed by atoms with Gasteiger partial charge in [0.25, 0.3) is 0 Å². The van der Waals surface area contributed by atoms with E-state index in [1.54, 1.807) is 0 Å². The van der Waals surface area contributed by atoms with Gasteiger partial charge in [0.2, 0.25) is 0 Å². The third-order valence-electron chi connectivity index (χ3n) is 3.16. The first-order valence-corrected chi connectivity index (χ1v) is 5.23. The van der Waals surface area contributed by atoms with Crippen LogP contribution in [0.4, 0.5) is 0 Å². The zero-order chi connectivity index (χ0) is 10.6. The van der Waals surface area contributed by atoms with Crippen LogP contribution in [0.5, 0.6) is 0 Å². The minimum Gasteiger partial charge on any atom is -0.389 e. The first-order chi connectivity index (χ1) is 5.81. The molecule has 0 aromatic heterocycles. The van der Waals surface area contributed by atoms with Crippen molar-refractivity contribution in [3.8, 4) is 0 Å². The summed E-state index contributed by atoms with van der Waals surface area (Å²) >= 11 is 0. The Labute approximate surface area is 82.9 Å². The molecule has 0 radical (unpaired) electrons. The van der Waals surface area contributed by atoms with E-state index in [-0.39, 0.29) is 0 Å². The van der Waals surface area contributed by atoms with Crippen molar-refractivity contribution in [1.82, 2.24) is 4.90 Å². The Morgan fingerprint density at radius 2 is 1.77 bits per heavy atom. The predicted octanol–water partition coefficient (Wildman–Crippen LogP) is 2.12. The van der Waals surface area contributed by atoms with Gasteiger partial charge in [-0.1, -0.05) is 20.8 Å². The summed E-state index contributed by atoms with van der Waals surface area (Å²) in [5.41, 5.74) is -0.571. The van der Waals surface area contributed by atoms with E-state index in [1.165, 1.54) is 0 Å². The van der Waals surface area contributed by atoms with Crippen LogP contribution in [-0.4, -0.2) is 35.2 Å². The van der Waals surface area contributed by atoms with Crippen LogP contribution in [0, 0.1) is 5.92 Å². The van der Waals surface area contributed by atoms with Crippen molar-refractivity contribution in [3.05, 3.63) is 0 Å². The third kappa shape index (κ3) is 4.10. The largest absolute Gasteiger partial charge is 0.389 e. The van der Waals surface area contributed by atoms with Gasteiger partial charge in [0, 0.05) is 12.6 Å². The van der Waals surface area contributed by atoms with Crippen molar-refractivity contribution in [1.29, 1.82) is 0 Å². The summed E-state index contributed by atoms with van der Waals surface area (Å²) in [4.78, 5) is 2.22. The molecule has 2 unspecified atom stereocenters. The first kappa shape index (κ1) is 12.9. The van der Waals surface area contributed by atoms with E-state index in [0.29, 0.717) is 12.0 Å². The Kier molecular flexibility index (Phi) is 4.93. The van der Waals surface area contributed by atoms with Crippen LogP contribution >= 0.6 is 0 Å². The standard InChI is InChI=1S/C11H25NO/c1-7-10(4)12(6)8-11(5,13)9(2)3/h9-10,13H,7-8H2,1-6H3. The fourth-order valence-corrected chi connectivity index (χ4v) is 1.16. The summed E-state index contributed by atoms with van der Waals surface area (Å²) in [5, 5.41) is 10.1. The van der Waals surface area contributed by atoms with E-state index in [9.17, 15) is 5.11 Å². The second-order valence-corrected chi connectivity index (χ2v) is 4.68. The molecule has 0 aromatic rings. The van der Waals surface area contributed by atoms with E-state index >= 15 is 0 Å². The lowest BCUT2D eigenvalue weighted by Gasteiger charge is -2.35. The maximum Gasteiger partial charge on any atom is 0.0768 e. The lowest BCUT2D eigenvalue weighted by molar-refractivity contribution is -0.0208. The van der Waals surface area contributed by atoms with Crippen molar-refractivity contribution in [3.63, 3.8) is 0 Å². The second-order valence-electron chi connectivity index (χ2n) is 4.68. The fraction of sp³-hybridized carbons (Fsp3) is 1.00. The van der Waals surface area contributed by atoms with Crippen LogP contribution in [0.25, 0.3) is 0 Å². The smallest absolute Gasteiger partial charge is 0.0768 e. The van der Waals surface area contributed by atoms with E-state index < -0.39 is 5.60 Å². The molecule has 0 saturated heterocycles. The van der Waals surface area contributed by atoms with Crippen LogP contribution in [0.15, 0.2) is 0 Å². The number of rotatable bonds is 5. The zero-order valence-corrected chi connectivity index (χ0v) is 9.96. The molecule has 13 heavy (non-hydrogen) atoms. The molecule has 0 amide bonds. The van der Waals surface area contributed by atoms with Crippen LogP contribution in [0.1, 0.15) is 41.0 Å². The SMILES string of the molecule is CCC(C)N(C)CC(C)(O)C(C)C. The quantitative estimate of drug-likeness (QED) is 0.712. The third-order valence-corrected chi connectivity index (χ3v) is 3.16. The summed E-state index contributed by atoms with van der Waals surface area (Å²) in [6.07, 6.45) is 1.13. The van der Waals surface area contributed by atoms with Crippen molar-refractivity contribution in [2.75, 3.05) is 13.6 Å². The number of nitrogens with zero attached hydrogens (tertiary/aromatic N) is 1. The number of likely N-dealkylation sites (N-methyl/N-ethyl adjacent to an activating group) is 1. The maximum atomic E-state index is 10.1. The number of aliphatic hydroxyl groups is 1. The highest BCUT2D eigenvalue weighted by atomic mass is 16.3. The predicted molar refractivity (Wildman–Crippen MR) is 57.8 cm³/mol. The molecule has 0 saturated carbocycles. The Morgan fingerprint density at radius 3 is 2.08 bits per heavy atom. The Bertz CT molecular complexity index is 143. The van der Waals surface area contributed by atoms with Crippen LogP contribution in [-0.2, 0) is 0 Å². The molecule has 0 rings (SSSR count). The highest BCUT2D eigenvalue weighted by Gasteiger charge is 2.27. The molecule has 80 valence electrons. The van der Waals surface area contributed by atoms with Crippen LogP contribution < -0.4 is 0 Å². The van der Waals surface area contributed by atoms with E-state index in [2.05, 4.69) is 39.6 Å². The molecule has 0 aliphatic carbocycles. The van der Waals surface area contributed by atoms with Gasteiger partial charge in [-0.05, 0) is 33.2 Å². The minimum atomic E-state index is -0.571.